The lowest BCUT2D eigenvalue weighted by molar-refractivity contribution is 0.0954. The number of hydrogen-bond acceptors (Lipinski definition) is 6. The molecule has 1 fully saturated rings. The fourth-order valence-electron chi connectivity index (χ4n) is 2.54. The first-order valence-electron chi connectivity index (χ1n) is 7.80. The number of nitrogens with zero attached hydrogens (tertiary/aromatic N) is 2. The number of ketones is 1. The van der Waals surface area contributed by atoms with Crippen LogP contribution in [0, 0.1) is 0 Å². The first-order chi connectivity index (χ1) is 11.6. The van der Waals surface area contributed by atoms with Crippen LogP contribution in [0.15, 0.2) is 30.5 Å². The van der Waals surface area contributed by atoms with Crippen molar-refractivity contribution in [1.82, 2.24) is 10.3 Å². The van der Waals surface area contributed by atoms with Gasteiger partial charge in [0.15, 0.2) is 5.78 Å². The minimum Gasteiger partial charge on any atom is -0.378 e. The number of ether oxygens (including phenoxy) is 1. The molecular formula is C17H19N3O3S. The number of Topliss-reactive ketones (excluding diaryl/α,β-unsaturated/α-hetero) is 1. The lowest BCUT2D eigenvalue weighted by Crippen LogP contribution is -2.37. The summed E-state index contributed by atoms with van der Waals surface area (Å²) in [5.41, 5.74) is 0.969. The number of morpholine rings is 1. The van der Waals surface area contributed by atoms with Gasteiger partial charge in [-0.25, -0.2) is 4.98 Å². The van der Waals surface area contributed by atoms with Crippen LogP contribution in [-0.2, 0) is 11.3 Å². The third-order valence-corrected chi connectivity index (χ3v) is 4.98. The molecule has 3 heterocycles. The fourth-order valence-corrected chi connectivity index (χ4v) is 3.36. The molecule has 0 atom stereocenters. The number of nitrogens with one attached hydrogen (secondary N) is 1. The number of pyridine rings is 1. The minimum absolute atomic E-state index is 0.0269. The number of rotatable bonds is 5. The van der Waals surface area contributed by atoms with Gasteiger partial charge in [0.2, 0.25) is 0 Å². The Bertz CT molecular complexity index is 738. The van der Waals surface area contributed by atoms with Crippen molar-refractivity contribution in [2.75, 3.05) is 31.2 Å². The monoisotopic (exact) mass is 345 g/mol. The van der Waals surface area contributed by atoms with Gasteiger partial charge in [0.05, 0.1) is 23.0 Å². The molecule has 0 spiro atoms. The Morgan fingerprint density at radius 2 is 2.00 bits per heavy atom. The Kier molecular flexibility index (Phi) is 5.22. The molecule has 0 unspecified atom stereocenters. The standard InChI is InChI=1S/C17H19N3O3S/c1-12(21)14-4-5-15(24-14)17(22)19-11-13-3-2-6-18-16(13)20-7-9-23-10-8-20/h2-6H,7-11H2,1H3,(H,19,22). The Hall–Kier alpha value is -2.25. The van der Waals surface area contributed by atoms with Gasteiger partial charge in [0, 0.05) is 31.4 Å². The zero-order chi connectivity index (χ0) is 16.9. The Morgan fingerprint density at radius 1 is 1.25 bits per heavy atom. The summed E-state index contributed by atoms with van der Waals surface area (Å²) in [5.74, 6) is 0.682. The van der Waals surface area contributed by atoms with Crippen molar-refractivity contribution in [3.8, 4) is 0 Å². The molecule has 126 valence electrons. The van der Waals surface area contributed by atoms with Crippen LogP contribution >= 0.6 is 11.3 Å². The lowest BCUT2D eigenvalue weighted by Gasteiger charge is -2.29. The van der Waals surface area contributed by atoms with Crippen molar-refractivity contribution in [2.24, 2.45) is 0 Å². The molecule has 0 radical (unpaired) electrons. The average molecular weight is 345 g/mol. The molecule has 7 heteroatoms. The molecule has 6 nitrogen and oxygen atoms in total. The highest BCUT2D eigenvalue weighted by Crippen LogP contribution is 2.20. The van der Waals surface area contributed by atoms with Crippen LogP contribution in [0.3, 0.4) is 0 Å². The number of anilines is 1. The number of carbonyl (C=O) groups excluding carboxylic acids is 2. The first-order valence-corrected chi connectivity index (χ1v) is 8.62. The van der Waals surface area contributed by atoms with Crippen molar-refractivity contribution >= 4 is 28.8 Å². The molecular weight excluding hydrogens is 326 g/mol. The van der Waals surface area contributed by atoms with Crippen LogP contribution in [-0.4, -0.2) is 43.0 Å². The quantitative estimate of drug-likeness (QED) is 0.841. The minimum atomic E-state index is -0.177. The maximum Gasteiger partial charge on any atom is 0.261 e. The SMILES string of the molecule is CC(=O)c1ccc(C(=O)NCc2cccnc2N2CCOCC2)s1. The highest BCUT2D eigenvalue weighted by Gasteiger charge is 2.17. The highest BCUT2D eigenvalue weighted by molar-refractivity contribution is 7.15. The Morgan fingerprint density at radius 3 is 2.71 bits per heavy atom. The van der Waals surface area contributed by atoms with E-state index >= 15 is 0 Å². The zero-order valence-electron chi connectivity index (χ0n) is 13.4. The van der Waals surface area contributed by atoms with E-state index in [1.54, 1.807) is 18.3 Å². The molecule has 1 amide bonds. The number of carbonyl (C=O) groups is 2. The molecule has 0 aliphatic carbocycles. The lowest BCUT2D eigenvalue weighted by atomic mass is 10.2. The second kappa shape index (κ2) is 7.55. The second-order valence-corrected chi connectivity index (χ2v) is 6.57. The maximum atomic E-state index is 12.3. The van der Waals surface area contributed by atoms with Crippen LogP contribution in [0.5, 0.6) is 0 Å². The number of aromatic nitrogens is 1. The van der Waals surface area contributed by atoms with Gasteiger partial charge in [0.25, 0.3) is 5.91 Å². The van der Waals surface area contributed by atoms with E-state index in [0.29, 0.717) is 29.5 Å². The van der Waals surface area contributed by atoms with Crippen molar-refractivity contribution < 1.29 is 14.3 Å². The molecule has 2 aromatic rings. The molecule has 0 bridgehead atoms. The topological polar surface area (TPSA) is 71.5 Å². The smallest absolute Gasteiger partial charge is 0.261 e. The van der Waals surface area contributed by atoms with E-state index in [-0.39, 0.29) is 11.7 Å². The van der Waals surface area contributed by atoms with Crippen molar-refractivity contribution in [3.63, 3.8) is 0 Å². The van der Waals surface area contributed by atoms with E-state index in [9.17, 15) is 9.59 Å². The van der Waals surface area contributed by atoms with E-state index in [0.717, 1.165) is 24.5 Å². The molecule has 2 aromatic heterocycles. The summed E-state index contributed by atoms with van der Waals surface area (Å²) in [4.78, 5) is 31.4. The maximum absolute atomic E-state index is 12.3. The average Bonchev–Trinajstić information content (AvgIpc) is 3.11. The van der Waals surface area contributed by atoms with Crippen LogP contribution in [0.25, 0.3) is 0 Å². The van der Waals surface area contributed by atoms with Crippen LogP contribution in [0.1, 0.15) is 31.8 Å². The predicted molar refractivity (Wildman–Crippen MR) is 92.8 cm³/mol. The Balaban J connectivity index is 1.67. The summed E-state index contributed by atoms with van der Waals surface area (Å²) in [6, 6.07) is 7.20. The van der Waals surface area contributed by atoms with E-state index < -0.39 is 0 Å². The van der Waals surface area contributed by atoms with Crippen molar-refractivity contribution in [2.45, 2.75) is 13.5 Å². The number of amides is 1. The Labute approximate surface area is 144 Å². The summed E-state index contributed by atoms with van der Waals surface area (Å²) in [7, 11) is 0. The molecule has 3 rings (SSSR count). The summed E-state index contributed by atoms with van der Waals surface area (Å²) < 4.78 is 5.37. The summed E-state index contributed by atoms with van der Waals surface area (Å²) in [5, 5.41) is 2.91. The van der Waals surface area contributed by atoms with E-state index in [2.05, 4.69) is 15.2 Å². The normalized spacial score (nSPS) is 14.5. The van der Waals surface area contributed by atoms with E-state index in [1.807, 2.05) is 12.1 Å². The predicted octanol–water partition coefficient (Wildman–Crippen LogP) is 2.11. The second-order valence-electron chi connectivity index (χ2n) is 5.49. The third-order valence-electron chi connectivity index (χ3n) is 3.79. The van der Waals surface area contributed by atoms with Gasteiger partial charge in [0.1, 0.15) is 5.82 Å². The van der Waals surface area contributed by atoms with Crippen LogP contribution < -0.4 is 10.2 Å². The summed E-state index contributed by atoms with van der Waals surface area (Å²) in [6.07, 6.45) is 1.76. The fraction of sp³-hybridized carbons (Fsp3) is 0.353. The molecule has 24 heavy (non-hydrogen) atoms. The summed E-state index contributed by atoms with van der Waals surface area (Å²) >= 11 is 1.21. The van der Waals surface area contributed by atoms with E-state index in [1.165, 1.54) is 18.3 Å². The van der Waals surface area contributed by atoms with Crippen molar-refractivity contribution in [3.05, 3.63) is 45.8 Å². The van der Waals surface area contributed by atoms with Gasteiger partial charge in [-0.1, -0.05) is 6.07 Å². The molecule has 1 N–H and O–H groups in total. The molecule has 1 saturated heterocycles. The molecule has 1 aliphatic rings. The first kappa shape index (κ1) is 16.6. The number of thiophene rings is 1. The largest absolute Gasteiger partial charge is 0.378 e. The summed E-state index contributed by atoms with van der Waals surface area (Å²) in [6.45, 7) is 4.86. The van der Waals surface area contributed by atoms with Gasteiger partial charge in [-0.05, 0) is 25.1 Å². The van der Waals surface area contributed by atoms with Crippen LogP contribution in [0.2, 0.25) is 0 Å². The van der Waals surface area contributed by atoms with Gasteiger partial charge in [-0.3, -0.25) is 9.59 Å². The highest BCUT2D eigenvalue weighted by atomic mass is 32.1. The molecule has 0 aromatic carbocycles. The molecule has 1 aliphatic heterocycles. The van der Waals surface area contributed by atoms with Gasteiger partial charge in [-0.15, -0.1) is 11.3 Å². The van der Waals surface area contributed by atoms with Gasteiger partial charge >= 0.3 is 0 Å². The van der Waals surface area contributed by atoms with Crippen LogP contribution in [0.4, 0.5) is 5.82 Å². The van der Waals surface area contributed by atoms with Crippen molar-refractivity contribution in [1.29, 1.82) is 0 Å². The molecule has 0 saturated carbocycles. The third kappa shape index (κ3) is 3.80. The van der Waals surface area contributed by atoms with E-state index in [4.69, 9.17) is 4.74 Å². The van der Waals surface area contributed by atoms with Gasteiger partial charge in [-0.2, -0.15) is 0 Å². The zero-order valence-corrected chi connectivity index (χ0v) is 14.3. The van der Waals surface area contributed by atoms with Gasteiger partial charge < -0.3 is 15.0 Å². The number of hydrogen-bond donors (Lipinski definition) is 1.